The van der Waals surface area contributed by atoms with Crippen molar-refractivity contribution >= 4 is 0 Å². The minimum atomic E-state index is 0. The van der Waals surface area contributed by atoms with E-state index in [2.05, 4.69) is 31.0 Å². The third-order valence-electron chi connectivity index (χ3n) is 3.47. The van der Waals surface area contributed by atoms with Crippen LogP contribution in [0, 0.1) is 0 Å². The van der Waals surface area contributed by atoms with Crippen molar-refractivity contribution in [2.45, 2.75) is 58.5 Å². The maximum atomic E-state index is 3.59. The molecule has 0 aromatic heterocycles. The van der Waals surface area contributed by atoms with E-state index in [-0.39, 0.29) is 4.70 Å². The molecule has 1 aliphatic rings. The molecule has 1 fully saturated rings. The van der Waals surface area contributed by atoms with Gasteiger partial charge in [0.1, 0.15) is 0 Å². The smallest absolute Gasteiger partial charge is 0.0107 e. The molecule has 1 rings (SSSR count). The van der Waals surface area contributed by atoms with Crippen molar-refractivity contribution in [1.29, 1.82) is 0 Å². The highest BCUT2D eigenvalue weighted by molar-refractivity contribution is 4.76. The number of halogens is 1. The lowest BCUT2D eigenvalue weighted by molar-refractivity contribution is 0.181. The molecule has 15 heavy (non-hydrogen) atoms. The number of hydrogen-bond acceptors (Lipinski definition) is 2. The van der Waals surface area contributed by atoms with Gasteiger partial charge in [-0.05, 0) is 45.8 Å². The van der Waals surface area contributed by atoms with Crippen molar-refractivity contribution in [3.05, 3.63) is 0 Å². The fraction of sp³-hybridized carbons (Fsp3) is 1.00. The van der Waals surface area contributed by atoms with Crippen LogP contribution in [-0.4, -0.2) is 36.6 Å². The summed E-state index contributed by atoms with van der Waals surface area (Å²) in [5.41, 5.74) is 0. The maximum absolute atomic E-state index is 3.59. The summed E-state index contributed by atoms with van der Waals surface area (Å²) in [4.78, 5) is 2.61. The van der Waals surface area contributed by atoms with Crippen LogP contribution in [0.2, 0.25) is 0 Å². The van der Waals surface area contributed by atoms with Gasteiger partial charge in [0.15, 0.2) is 0 Å². The molecule has 1 N–H and O–H groups in total. The van der Waals surface area contributed by atoms with Gasteiger partial charge >= 0.3 is 0 Å². The zero-order chi connectivity index (χ0) is 10.4. The van der Waals surface area contributed by atoms with E-state index in [1.807, 2.05) is 0 Å². The van der Waals surface area contributed by atoms with Gasteiger partial charge in [-0.2, -0.15) is 0 Å². The monoisotopic (exact) mass is 218 g/mol. The van der Waals surface area contributed by atoms with Crippen LogP contribution in [0.15, 0.2) is 0 Å². The van der Waals surface area contributed by atoms with Crippen LogP contribution >= 0.6 is 0 Å². The summed E-state index contributed by atoms with van der Waals surface area (Å²) in [6.45, 7) is 10.5. The van der Waals surface area contributed by atoms with Crippen molar-refractivity contribution in [3.63, 3.8) is 0 Å². The molecule has 0 bridgehead atoms. The average molecular weight is 218 g/mol. The van der Waals surface area contributed by atoms with Gasteiger partial charge in [-0.1, -0.05) is 20.3 Å². The van der Waals surface area contributed by atoms with Gasteiger partial charge in [0.25, 0.3) is 0 Å². The SMILES string of the molecule is CCN(CC)C1CCCC(C)NCC1.F. The Morgan fingerprint density at radius 2 is 1.80 bits per heavy atom. The molecule has 3 heteroatoms. The van der Waals surface area contributed by atoms with E-state index < -0.39 is 0 Å². The summed E-state index contributed by atoms with van der Waals surface area (Å²) < 4.78 is 0. The third-order valence-corrected chi connectivity index (χ3v) is 3.47. The Morgan fingerprint density at radius 3 is 2.40 bits per heavy atom. The molecule has 1 saturated heterocycles. The van der Waals surface area contributed by atoms with Crippen molar-refractivity contribution in [1.82, 2.24) is 10.2 Å². The van der Waals surface area contributed by atoms with Gasteiger partial charge in [-0.3, -0.25) is 4.70 Å². The van der Waals surface area contributed by atoms with Gasteiger partial charge in [-0.25, -0.2) is 0 Å². The van der Waals surface area contributed by atoms with E-state index in [4.69, 9.17) is 0 Å². The van der Waals surface area contributed by atoms with Gasteiger partial charge in [0.2, 0.25) is 0 Å². The first-order valence-corrected chi connectivity index (χ1v) is 6.25. The molecule has 0 aromatic carbocycles. The average Bonchev–Trinajstić information content (AvgIpc) is 2.15. The van der Waals surface area contributed by atoms with Crippen LogP contribution < -0.4 is 5.32 Å². The Balaban J connectivity index is 0.00000196. The summed E-state index contributed by atoms with van der Waals surface area (Å²) >= 11 is 0. The summed E-state index contributed by atoms with van der Waals surface area (Å²) in [6.07, 6.45) is 5.45. The summed E-state index contributed by atoms with van der Waals surface area (Å²) in [7, 11) is 0. The van der Waals surface area contributed by atoms with Crippen molar-refractivity contribution in [3.8, 4) is 0 Å². The van der Waals surface area contributed by atoms with E-state index in [0.29, 0.717) is 0 Å². The molecule has 2 unspecified atom stereocenters. The summed E-state index contributed by atoms with van der Waals surface area (Å²) in [5, 5.41) is 3.59. The Hall–Kier alpha value is -0.150. The molecule has 0 saturated carbocycles. The summed E-state index contributed by atoms with van der Waals surface area (Å²) in [6, 6.07) is 1.55. The number of rotatable bonds is 3. The van der Waals surface area contributed by atoms with Crippen LogP contribution in [-0.2, 0) is 0 Å². The molecular formula is C12H27FN2. The second-order valence-electron chi connectivity index (χ2n) is 4.45. The highest BCUT2D eigenvalue weighted by atomic mass is 19.0. The van der Waals surface area contributed by atoms with Crippen LogP contribution in [0.25, 0.3) is 0 Å². The molecule has 0 spiro atoms. The lowest BCUT2D eigenvalue weighted by atomic mass is 9.99. The van der Waals surface area contributed by atoms with Gasteiger partial charge in [0.05, 0.1) is 0 Å². The largest absolute Gasteiger partial charge is 0.314 e. The minimum absolute atomic E-state index is 0. The van der Waals surface area contributed by atoms with Crippen molar-refractivity contribution in [2.24, 2.45) is 0 Å². The summed E-state index contributed by atoms with van der Waals surface area (Å²) in [5.74, 6) is 0. The Labute approximate surface area is 93.8 Å². The minimum Gasteiger partial charge on any atom is -0.314 e. The molecule has 0 radical (unpaired) electrons. The molecule has 92 valence electrons. The highest BCUT2D eigenvalue weighted by Crippen LogP contribution is 2.15. The lowest BCUT2D eigenvalue weighted by Gasteiger charge is -2.32. The predicted molar refractivity (Wildman–Crippen MR) is 65.1 cm³/mol. The second kappa shape index (κ2) is 8.05. The molecule has 2 atom stereocenters. The zero-order valence-corrected chi connectivity index (χ0v) is 10.5. The molecule has 1 aliphatic heterocycles. The first kappa shape index (κ1) is 14.8. The van der Waals surface area contributed by atoms with Crippen LogP contribution in [0.3, 0.4) is 0 Å². The molecule has 1 heterocycles. The fourth-order valence-corrected chi connectivity index (χ4v) is 2.51. The second-order valence-corrected chi connectivity index (χ2v) is 4.45. The molecular weight excluding hydrogens is 191 g/mol. The Morgan fingerprint density at radius 1 is 1.13 bits per heavy atom. The van der Waals surface area contributed by atoms with Gasteiger partial charge < -0.3 is 10.2 Å². The van der Waals surface area contributed by atoms with Crippen LogP contribution in [0.4, 0.5) is 4.70 Å². The topological polar surface area (TPSA) is 15.3 Å². The number of nitrogens with zero attached hydrogens (tertiary/aromatic N) is 1. The molecule has 0 aromatic rings. The van der Waals surface area contributed by atoms with Crippen LogP contribution in [0.5, 0.6) is 0 Å². The Bertz CT molecular complexity index is 139. The standard InChI is InChI=1S/C12H26N2.FH/c1-4-14(5-2)12-8-6-7-11(3)13-10-9-12;/h11-13H,4-10H2,1-3H3;1H. The molecule has 0 amide bonds. The van der Waals surface area contributed by atoms with E-state index in [1.54, 1.807) is 0 Å². The van der Waals surface area contributed by atoms with Crippen molar-refractivity contribution < 1.29 is 4.70 Å². The van der Waals surface area contributed by atoms with E-state index in [1.165, 1.54) is 45.3 Å². The normalized spacial score (nSPS) is 28.0. The maximum Gasteiger partial charge on any atom is 0.0107 e. The third kappa shape index (κ3) is 4.94. The molecule has 0 aliphatic carbocycles. The van der Waals surface area contributed by atoms with Gasteiger partial charge in [0, 0.05) is 12.1 Å². The zero-order valence-electron chi connectivity index (χ0n) is 10.5. The van der Waals surface area contributed by atoms with Crippen LogP contribution in [0.1, 0.15) is 46.5 Å². The predicted octanol–water partition coefficient (Wildman–Crippen LogP) is 2.40. The van der Waals surface area contributed by atoms with E-state index in [0.717, 1.165) is 12.1 Å². The van der Waals surface area contributed by atoms with Crippen molar-refractivity contribution in [2.75, 3.05) is 19.6 Å². The number of nitrogens with one attached hydrogen (secondary N) is 1. The number of hydrogen-bond donors (Lipinski definition) is 1. The highest BCUT2D eigenvalue weighted by Gasteiger charge is 2.17. The lowest BCUT2D eigenvalue weighted by Crippen LogP contribution is -2.40. The van der Waals surface area contributed by atoms with E-state index >= 15 is 0 Å². The fourth-order valence-electron chi connectivity index (χ4n) is 2.51. The first-order chi connectivity index (χ1) is 6.77. The Kier molecular flexibility index (Phi) is 7.97. The van der Waals surface area contributed by atoms with Gasteiger partial charge in [-0.15, -0.1) is 0 Å². The quantitative estimate of drug-likeness (QED) is 0.782. The van der Waals surface area contributed by atoms with E-state index in [9.17, 15) is 0 Å². The first-order valence-electron chi connectivity index (χ1n) is 6.25. The molecule has 2 nitrogen and oxygen atoms in total.